The minimum atomic E-state index is -0.634. The average molecular weight is 396 g/mol. The van der Waals surface area contributed by atoms with E-state index in [1.807, 2.05) is 32.2 Å². The van der Waals surface area contributed by atoms with Gasteiger partial charge in [0, 0.05) is 30.7 Å². The number of carbonyl (C=O) groups is 2. The van der Waals surface area contributed by atoms with Crippen molar-refractivity contribution in [2.24, 2.45) is 7.05 Å². The van der Waals surface area contributed by atoms with E-state index in [0.29, 0.717) is 11.6 Å². The molecule has 2 N–H and O–H groups in total. The van der Waals surface area contributed by atoms with Crippen LogP contribution >= 0.6 is 0 Å². The van der Waals surface area contributed by atoms with Gasteiger partial charge >= 0.3 is 0 Å². The number of hydrogen-bond donors (Lipinski definition) is 2. The average Bonchev–Trinajstić information content (AvgIpc) is 3.10. The number of para-hydroxylation sites is 1. The summed E-state index contributed by atoms with van der Waals surface area (Å²) in [7, 11) is 1.81. The summed E-state index contributed by atoms with van der Waals surface area (Å²) in [5.74, 6) is -0.310. The fourth-order valence-electron chi connectivity index (χ4n) is 2.68. The molecule has 29 heavy (non-hydrogen) atoms. The number of rotatable bonds is 7. The molecule has 150 valence electrons. The van der Waals surface area contributed by atoms with E-state index >= 15 is 0 Å². The molecule has 0 saturated carbocycles. The van der Waals surface area contributed by atoms with Gasteiger partial charge in [0.15, 0.2) is 6.61 Å². The fraction of sp³-hybridized carbons (Fsp3) is 0.190. The smallest absolute Gasteiger partial charge is 0.262 e. The molecule has 3 aromatic rings. The molecular formula is C21H21FN4O3. The highest BCUT2D eigenvalue weighted by Crippen LogP contribution is 2.17. The molecule has 1 heterocycles. The molecule has 0 fully saturated rings. The van der Waals surface area contributed by atoms with E-state index in [9.17, 15) is 14.0 Å². The Labute approximate surface area is 167 Å². The third-order valence-electron chi connectivity index (χ3n) is 4.22. The van der Waals surface area contributed by atoms with Gasteiger partial charge in [-0.3, -0.25) is 9.59 Å². The predicted molar refractivity (Wildman–Crippen MR) is 106 cm³/mol. The normalized spacial score (nSPS) is 10.4. The second-order valence-electron chi connectivity index (χ2n) is 6.47. The van der Waals surface area contributed by atoms with Gasteiger partial charge < -0.3 is 19.9 Å². The van der Waals surface area contributed by atoms with Crippen LogP contribution in [0.3, 0.4) is 0 Å². The lowest BCUT2D eigenvalue weighted by atomic mass is 10.1. The van der Waals surface area contributed by atoms with Crippen LogP contribution in [0.5, 0.6) is 5.75 Å². The van der Waals surface area contributed by atoms with Crippen LogP contribution in [0, 0.1) is 12.7 Å². The molecule has 0 radical (unpaired) electrons. The molecule has 0 spiro atoms. The van der Waals surface area contributed by atoms with Gasteiger partial charge in [-0.1, -0.05) is 18.2 Å². The first kappa shape index (κ1) is 20.1. The number of aryl methyl sites for hydroxylation is 2. The van der Waals surface area contributed by atoms with Crippen molar-refractivity contribution < 1.29 is 18.7 Å². The number of benzene rings is 2. The van der Waals surface area contributed by atoms with E-state index in [1.165, 1.54) is 6.07 Å². The summed E-state index contributed by atoms with van der Waals surface area (Å²) >= 11 is 0. The first-order valence-electron chi connectivity index (χ1n) is 8.95. The van der Waals surface area contributed by atoms with Gasteiger partial charge in [-0.15, -0.1) is 0 Å². The number of amides is 2. The van der Waals surface area contributed by atoms with Gasteiger partial charge in [0.2, 0.25) is 0 Å². The van der Waals surface area contributed by atoms with Crippen molar-refractivity contribution in [3.8, 4) is 5.75 Å². The van der Waals surface area contributed by atoms with Crippen LogP contribution in [0.25, 0.3) is 0 Å². The van der Waals surface area contributed by atoms with Crippen LogP contribution in [0.2, 0.25) is 0 Å². The zero-order valence-electron chi connectivity index (χ0n) is 16.1. The van der Waals surface area contributed by atoms with Gasteiger partial charge in [-0.2, -0.15) is 0 Å². The van der Waals surface area contributed by atoms with E-state index in [-0.39, 0.29) is 24.4 Å². The van der Waals surface area contributed by atoms with Gasteiger partial charge in [-0.25, -0.2) is 9.37 Å². The Kier molecular flexibility index (Phi) is 6.23. The zero-order valence-corrected chi connectivity index (χ0v) is 16.1. The molecule has 2 amide bonds. The molecule has 3 rings (SSSR count). The first-order chi connectivity index (χ1) is 13.9. The van der Waals surface area contributed by atoms with Crippen LogP contribution in [-0.4, -0.2) is 28.0 Å². The Morgan fingerprint density at radius 3 is 2.72 bits per heavy atom. The van der Waals surface area contributed by atoms with E-state index in [0.717, 1.165) is 17.7 Å². The number of halogens is 1. The van der Waals surface area contributed by atoms with Crippen molar-refractivity contribution in [2.75, 3.05) is 11.9 Å². The van der Waals surface area contributed by atoms with Gasteiger partial charge in [0.1, 0.15) is 17.4 Å². The third-order valence-corrected chi connectivity index (χ3v) is 4.22. The lowest BCUT2D eigenvalue weighted by Gasteiger charge is -2.11. The summed E-state index contributed by atoms with van der Waals surface area (Å²) in [5, 5.41) is 5.22. The first-order valence-corrected chi connectivity index (χ1v) is 8.95. The highest BCUT2D eigenvalue weighted by Gasteiger charge is 2.12. The number of nitrogens with zero attached hydrogens (tertiary/aromatic N) is 2. The van der Waals surface area contributed by atoms with E-state index in [2.05, 4.69) is 15.6 Å². The van der Waals surface area contributed by atoms with Crippen molar-refractivity contribution in [3.05, 3.63) is 77.6 Å². The molecule has 7 nitrogen and oxygen atoms in total. The number of imidazole rings is 1. The predicted octanol–water partition coefficient (Wildman–Crippen LogP) is 2.82. The second-order valence-corrected chi connectivity index (χ2v) is 6.47. The highest BCUT2D eigenvalue weighted by atomic mass is 19.1. The van der Waals surface area contributed by atoms with E-state index in [4.69, 9.17) is 4.74 Å². The zero-order chi connectivity index (χ0) is 20.8. The van der Waals surface area contributed by atoms with Crippen LogP contribution < -0.4 is 15.4 Å². The van der Waals surface area contributed by atoms with Crippen LogP contribution in [0.15, 0.2) is 54.9 Å². The minimum absolute atomic E-state index is 0.0920. The molecule has 0 unspecified atom stereocenters. The maximum atomic E-state index is 13.9. The third kappa shape index (κ3) is 5.41. The van der Waals surface area contributed by atoms with Crippen molar-refractivity contribution in [3.63, 3.8) is 0 Å². The summed E-state index contributed by atoms with van der Waals surface area (Å²) in [6.45, 7) is 1.84. The Morgan fingerprint density at radius 1 is 1.21 bits per heavy atom. The van der Waals surface area contributed by atoms with Gasteiger partial charge in [0.05, 0.1) is 6.54 Å². The Balaban J connectivity index is 1.60. The summed E-state index contributed by atoms with van der Waals surface area (Å²) in [5.41, 5.74) is 1.16. The number of carbonyl (C=O) groups excluding carboxylic acids is 2. The highest BCUT2D eigenvalue weighted by molar-refractivity contribution is 5.97. The van der Waals surface area contributed by atoms with E-state index < -0.39 is 17.6 Å². The monoisotopic (exact) mass is 396 g/mol. The van der Waals surface area contributed by atoms with Crippen molar-refractivity contribution >= 4 is 17.5 Å². The molecule has 1 aromatic heterocycles. The maximum Gasteiger partial charge on any atom is 0.262 e. The van der Waals surface area contributed by atoms with Crippen molar-refractivity contribution in [1.82, 2.24) is 14.9 Å². The Hall–Kier alpha value is -3.68. The number of anilines is 1. The Morgan fingerprint density at radius 2 is 2.00 bits per heavy atom. The minimum Gasteiger partial charge on any atom is -0.483 e. The summed E-state index contributed by atoms with van der Waals surface area (Å²) in [4.78, 5) is 28.6. The maximum absolute atomic E-state index is 13.9. The van der Waals surface area contributed by atoms with Crippen molar-refractivity contribution in [1.29, 1.82) is 0 Å². The number of nitrogens with one attached hydrogen (secondary N) is 2. The quantitative estimate of drug-likeness (QED) is 0.643. The lowest BCUT2D eigenvalue weighted by Crippen LogP contribution is -2.25. The molecule has 8 heteroatoms. The van der Waals surface area contributed by atoms with Crippen LogP contribution in [0.4, 0.5) is 10.1 Å². The number of ether oxygens (including phenoxy) is 1. The molecule has 0 bridgehead atoms. The summed E-state index contributed by atoms with van der Waals surface area (Å²) < 4.78 is 21.2. The molecule has 0 aliphatic heterocycles. The molecule has 0 saturated heterocycles. The van der Waals surface area contributed by atoms with Gasteiger partial charge in [0.25, 0.3) is 11.8 Å². The fourth-order valence-corrected chi connectivity index (χ4v) is 2.68. The standard InChI is InChI=1S/C21H21FN4O3/c1-14-5-3-4-6-18(14)29-13-20(27)25-17-10-15(9-16(22)11-17)21(28)24-12-19-23-7-8-26(19)2/h3-11H,12-13H2,1-2H3,(H,24,28)(H,25,27). The van der Waals surface area contributed by atoms with Crippen LogP contribution in [-0.2, 0) is 18.4 Å². The van der Waals surface area contributed by atoms with Gasteiger partial charge in [-0.05, 0) is 36.8 Å². The van der Waals surface area contributed by atoms with E-state index in [1.54, 1.807) is 23.0 Å². The second kappa shape index (κ2) is 9.01. The van der Waals surface area contributed by atoms with Crippen LogP contribution in [0.1, 0.15) is 21.7 Å². The molecule has 0 atom stereocenters. The largest absolute Gasteiger partial charge is 0.483 e. The molecule has 0 aliphatic carbocycles. The Bertz CT molecular complexity index is 1030. The molecule has 0 aliphatic rings. The summed E-state index contributed by atoms with van der Waals surface area (Å²) in [6.07, 6.45) is 3.38. The van der Waals surface area contributed by atoms with Crippen molar-refractivity contribution in [2.45, 2.75) is 13.5 Å². The lowest BCUT2D eigenvalue weighted by molar-refractivity contribution is -0.118. The number of hydrogen-bond acceptors (Lipinski definition) is 4. The molecule has 2 aromatic carbocycles. The summed E-state index contributed by atoms with van der Waals surface area (Å²) in [6, 6.07) is 11.0. The molecular weight excluding hydrogens is 375 g/mol. The number of aromatic nitrogens is 2. The SMILES string of the molecule is Cc1ccccc1OCC(=O)Nc1cc(F)cc(C(=O)NCc2nccn2C)c1. The topological polar surface area (TPSA) is 85.2 Å².